The molecule has 1 N–H and O–H groups in total. The summed E-state index contributed by atoms with van der Waals surface area (Å²) < 4.78 is 2.38. The van der Waals surface area contributed by atoms with Crippen LogP contribution in [0.3, 0.4) is 0 Å². The van der Waals surface area contributed by atoms with Crippen molar-refractivity contribution in [3.63, 3.8) is 0 Å². The van der Waals surface area contributed by atoms with E-state index in [2.05, 4.69) is 59.2 Å². The molecule has 0 fully saturated rings. The summed E-state index contributed by atoms with van der Waals surface area (Å²) in [7, 11) is 0. The summed E-state index contributed by atoms with van der Waals surface area (Å²) >= 11 is 1.76. The molecule has 110 valence electrons. The predicted molar refractivity (Wildman–Crippen MR) is 89.9 cm³/mol. The zero-order valence-electron chi connectivity index (χ0n) is 12.6. The standard InChI is InChI=1S/C17H21N3S/c1-3-18-11-15-6-4-5-14-7-9-20(17(14)15)10-8-16-13(2)19-12-21-16/h4-7,9,12,18H,3,8,10-11H2,1-2H3. The Hall–Kier alpha value is -1.65. The van der Waals surface area contributed by atoms with Crippen molar-refractivity contribution >= 4 is 22.2 Å². The molecule has 3 aromatic rings. The monoisotopic (exact) mass is 299 g/mol. The number of para-hydroxylation sites is 1. The van der Waals surface area contributed by atoms with E-state index in [9.17, 15) is 0 Å². The molecule has 0 bridgehead atoms. The number of fused-ring (bicyclic) bond motifs is 1. The fourth-order valence-corrected chi connectivity index (χ4v) is 3.49. The van der Waals surface area contributed by atoms with Gasteiger partial charge in [-0.1, -0.05) is 25.1 Å². The van der Waals surface area contributed by atoms with E-state index in [4.69, 9.17) is 0 Å². The lowest BCUT2D eigenvalue weighted by Gasteiger charge is -2.10. The van der Waals surface area contributed by atoms with Crippen molar-refractivity contribution in [2.24, 2.45) is 0 Å². The van der Waals surface area contributed by atoms with Gasteiger partial charge in [-0.3, -0.25) is 0 Å². The van der Waals surface area contributed by atoms with Gasteiger partial charge in [0.25, 0.3) is 0 Å². The average molecular weight is 299 g/mol. The van der Waals surface area contributed by atoms with Gasteiger partial charge in [-0.15, -0.1) is 11.3 Å². The first-order chi connectivity index (χ1) is 10.3. The second kappa shape index (κ2) is 6.41. The maximum atomic E-state index is 4.34. The molecule has 0 saturated heterocycles. The average Bonchev–Trinajstić information content (AvgIpc) is 3.09. The fourth-order valence-electron chi connectivity index (χ4n) is 2.72. The Morgan fingerprint density at radius 2 is 2.19 bits per heavy atom. The Labute approximate surface area is 129 Å². The van der Waals surface area contributed by atoms with Crippen molar-refractivity contribution in [2.45, 2.75) is 33.4 Å². The minimum atomic E-state index is 0.928. The normalized spacial score (nSPS) is 11.3. The quantitative estimate of drug-likeness (QED) is 0.751. The Kier molecular flexibility index (Phi) is 4.36. The molecular weight excluding hydrogens is 278 g/mol. The minimum absolute atomic E-state index is 0.928. The lowest BCUT2D eigenvalue weighted by Crippen LogP contribution is -2.13. The third kappa shape index (κ3) is 3.01. The second-order valence-electron chi connectivity index (χ2n) is 5.26. The van der Waals surface area contributed by atoms with E-state index in [1.807, 2.05) is 5.51 Å². The molecule has 4 heteroatoms. The SMILES string of the molecule is CCNCc1cccc2ccn(CCc3scnc3C)c12. The van der Waals surface area contributed by atoms with E-state index >= 15 is 0 Å². The molecule has 2 aromatic heterocycles. The number of nitrogens with zero attached hydrogens (tertiary/aromatic N) is 2. The maximum Gasteiger partial charge on any atom is 0.0797 e. The number of hydrogen-bond donors (Lipinski definition) is 1. The summed E-state index contributed by atoms with van der Waals surface area (Å²) in [6.45, 7) is 7.17. The first-order valence-electron chi connectivity index (χ1n) is 7.46. The summed E-state index contributed by atoms with van der Waals surface area (Å²) in [4.78, 5) is 5.73. The topological polar surface area (TPSA) is 29.9 Å². The first kappa shape index (κ1) is 14.3. The number of thiazole rings is 1. The zero-order chi connectivity index (χ0) is 14.7. The number of hydrogen-bond acceptors (Lipinski definition) is 3. The van der Waals surface area contributed by atoms with Crippen LogP contribution in [0.4, 0.5) is 0 Å². The summed E-state index contributed by atoms with van der Waals surface area (Å²) in [6.07, 6.45) is 3.26. The van der Waals surface area contributed by atoms with Crippen LogP contribution in [-0.4, -0.2) is 16.1 Å². The molecule has 0 spiro atoms. The fraction of sp³-hybridized carbons (Fsp3) is 0.353. The van der Waals surface area contributed by atoms with Gasteiger partial charge in [0.1, 0.15) is 0 Å². The zero-order valence-corrected chi connectivity index (χ0v) is 13.4. The maximum absolute atomic E-state index is 4.34. The summed E-state index contributed by atoms with van der Waals surface area (Å²) in [5, 5.41) is 4.76. The molecule has 0 saturated carbocycles. The second-order valence-corrected chi connectivity index (χ2v) is 6.19. The smallest absolute Gasteiger partial charge is 0.0797 e. The molecule has 21 heavy (non-hydrogen) atoms. The number of benzene rings is 1. The Bertz CT molecular complexity index is 727. The number of rotatable bonds is 6. The van der Waals surface area contributed by atoms with E-state index in [1.165, 1.54) is 27.0 Å². The summed E-state index contributed by atoms with van der Waals surface area (Å²) in [5.41, 5.74) is 5.85. The van der Waals surface area contributed by atoms with Gasteiger partial charge in [0, 0.05) is 30.6 Å². The van der Waals surface area contributed by atoms with E-state index in [0.717, 1.165) is 26.1 Å². The van der Waals surface area contributed by atoms with Gasteiger partial charge in [-0.2, -0.15) is 0 Å². The highest BCUT2D eigenvalue weighted by atomic mass is 32.1. The highest BCUT2D eigenvalue weighted by Crippen LogP contribution is 2.22. The summed E-state index contributed by atoms with van der Waals surface area (Å²) in [6, 6.07) is 8.77. The van der Waals surface area contributed by atoms with Crippen LogP contribution in [0.25, 0.3) is 10.9 Å². The Morgan fingerprint density at radius 1 is 1.29 bits per heavy atom. The number of aryl methyl sites for hydroxylation is 3. The van der Waals surface area contributed by atoms with Gasteiger partial charge < -0.3 is 9.88 Å². The molecule has 1 aromatic carbocycles. The molecule has 0 aliphatic rings. The van der Waals surface area contributed by atoms with Crippen LogP contribution < -0.4 is 5.32 Å². The largest absolute Gasteiger partial charge is 0.347 e. The predicted octanol–water partition coefficient (Wildman–Crippen LogP) is 3.76. The van der Waals surface area contributed by atoms with Crippen LogP contribution in [0.1, 0.15) is 23.1 Å². The molecule has 3 rings (SSSR count). The lowest BCUT2D eigenvalue weighted by molar-refractivity contribution is 0.704. The van der Waals surface area contributed by atoms with Crippen LogP contribution in [-0.2, 0) is 19.5 Å². The molecule has 2 heterocycles. The summed E-state index contributed by atoms with van der Waals surface area (Å²) in [5.74, 6) is 0. The van der Waals surface area contributed by atoms with Gasteiger partial charge in [0.2, 0.25) is 0 Å². The van der Waals surface area contributed by atoms with Crippen molar-refractivity contribution in [2.75, 3.05) is 6.54 Å². The third-order valence-electron chi connectivity index (χ3n) is 3.86. The van der Waals surface area contributed by atoms with Crippen LogP contribution in [0.5, 0.6) is 0 Å². The molecule has 0 unspecified atom stereocenters. The van der Waals surface area contributed by atoms with Crippen molar-refractivity contribution in [1.29, 1.82) is 0 Å². The van der Waals surface area contributed by atoms with E-state index in [0.29, 0.717) is 0 Å². The van der Waals surface area contributed by atoms with Gasteiger partial charge >= 0.3 is 0 Å². The van der Waals surface area contributed by atoms with E-state index in [1.54, 1.807) is 11.3 Å². The minimum Gasteiger partial charge on any atom is -0.347 e. The molecule has 0 aliphatic heterocycles. The van der Waals surface area contributed by atoms with Crippen molar-refractivity contribution < 1.29 is 0 Å². The van der Waals surface area contributed by atoms with Crippen LogP contribution in [0, 0.1) is 6.92 Å². The Morgan fingerprint density at radius 3 is 2.95 bits per heavy atom. The van der Waals surface area contributed by atoms with Crippen molar-refractivity contribution in [3.05, 3.63) is 52.1 Å². The van der Waals surface area contributed by atoms with Gasteiger partial charge in [0.05, 0.1) is 16.7 Å². The van der Waals surface area contributed by atoms with Gasteiger partial charge in [-0.25, -0.2) is 4.98 Å². The molecule has 0 radical (unpaired) electrons. The highest BCUT2D eigenvalue weighted by molar-refractivity contribution is 7.09. The number of nitrogens with one attached hydrogen (secondary N) is 1. The highest BCUT2D eigenvalue weighted by Gasteiger charge is 2.08. The Balaban J connectivity index is 1.86. The third-order valence-corrected chi connectivity index (χ3v) is 4.86. The molecular formula is C17H21N3S. The van der Waals surface area contributed by atoms with Crippen LogP contribution in [0.15, 0.2) is 36.0 Å². The van der Waals surface area contributed by atoms with Crippen LogP contribution >= 0.6 is 11.3 Å². The molecule has 3 nitrogen and oxygen atoms in total. The molecule has 0 atom stereocenters. The van der Waals surface area contributed by atoms with Crippen molar-refractivity contribution in [1.82, 2.24) is 14.9 Å². The van der Waals surface area contributed by atoms with Crippen LogP contribution in [0.2, 0.25) is 0 Å². The molecule has 0 amide bonds. The number of aromatic nitrogens is 2. The van der Waals surface area contributed by atoms with E-state index < -0.39 is 0 Å². The molecule has 0 aliphatic carbocycles. The lowest BCUT2D eigenvalue weighted by atomic mass is 10.1. The van der Waals surface area contributed by atoms with Gasteiger partial charge in [-0.05, 0) is 30.5 Å². The van der Waals surface area contributed by atoms with Gasteiger partial charge in [0.15, 0.2) is 0 Å². The first-order valence-corrected chi connectivity index (χ1v) is 8.34. The van der Waals surface area contributed by atoms with Crippen molar-refractivity contribution in [3.8, 4) is 0 Å². The van der Waals surface area contributed by atoms with E-state index in [-0.39, 0.29) is 0 Å².